The monoisotopic (exact) mass is 318 g/mol. The molecule has 1 aromatic carbocycles. The number of nitrogens with one attached hydrogen (secondary N) is 2. The van der Waals surface area contributed by atoms with Gasteiger partial charge in [0.2, 0.25) is 0 Å². The number of rotatable bonds is 1. The largest absolute Gasteiger partial charge is 0.317 e. The van der Waals surface area contributed by atoms with Gasteiger partial charge in [0.05, 0.1) is 11.2 Å². The van der Waals surface area contributed by atoms with E-state index in [-0.39, 0.29) is 18.0 Å². The summed E-state index contributed by atoms with van der Waals surface area (Å²) in [6, 6.07) is 7.86. The fourth-order valence-electron chi connectivity index (χ4n) is 3.26. The molecule has 0 aliphatic carbocycles. The molecular formula is C16H19ClN4O. The number of aromatic amines is 1. The van der Waals surface area contributed by atoms with Gasteiger partial charge in [0.15, 0.2) is 0 Å². The average Bonchev–Trinajstić information content (AvgIpc) is 2.85. The molecule has 116 valence electrons. The maximum Gasteiger partial charge on any atom is 0.251 e. The first-order chi connectivity index (χ1) is 10.2. The molecule has 1 aliphatic rings. The molecule has 0 radical (unpaired) electrons. The second-order valence-corrected chi connectivity index (χ2v) is 5.86. The third-order valence-corrected chi connectivity index (χ3v) is 4.35. The smallest absolute Gasteiger partial charge is 0.251 e. The maximum absolute atomic E-state index is 12.1. The van der Waals surface area contributed by atoms with E-state index in [0.717, 1.165) is 48.2 Å². The first kappa shape index (κ1) is 15.1. The zero-order chi connectivity index (χ0) is 14.4. The van der Waals surface area contributed by atoms with Crippen LogP contribution in [0.3, 0.4) is 0 Å². The summed E-state index contributed by atoms with van der Waals surface area (Å²) in [6.45, 7) is 4.05. The fourth-order valence-corrected chi connectivity index (χ4v) is 3.26. The third kappa shape index (κ3) is 2.40. The molecule has 1 saturated heterocycles. The number of nitrogens with zero attached hydrogens (tertiary/aromatic N) is 2. The number of hydrogen-bond acceptors (Lipinski definition) is 3. The van der Waals surface area contributed by atoms with Crippen molar-refractivity contribution in [3.63, 3.8) is 0 Å². The molecule has 0 amide bonds. The van der Waals surface area contributed by atoms with Crippen molar-refractivity contribution in [2.45, 2.75) is 25.7 Å². The highest BCUT2D eigenvalue weighted by molar-refractivity contribution is 5.92. The molecule has 3 aromatic rings. The number of hydrogen-bond donors (Lipinski definition) is 2. The van der Waals surface area contributed by atoms with E-state index in [0.29, 0.717) is 5.92 Å². The Labute approximate surface area is 134 Å². The molecule has 22 heavy (non-hydrogen) atoms. The van der Waals surface area contributed by atoms with Crippen molar-refractivity contribution in [2.24, 2.45) is 0 Å². The molecule has 0 saturated carbocycles. The molecular weight excluding hydrogens is 300 g/mol. The van der Waals surface area contributed by atoms with Gasteiger partial charge in [-0.2, -0.15) is 5.10 Å². The zero-order valence-corrected chi connectivity index (χ0v) is 13.2. The molecule has 1 fully saturated rings. The Hall–Kier alpha value is -1.85. The number of halogens is 1. The van der Waals surface area contributed by atoms with Gasteiger partial charge < -0.3 is 10.3 Å². The van der Waals surface area contributed by atoms with Crippen molar-refractivity contribution >= 4 is 29.0 Å². The number of fused-ring (bicyclic) bond motifs is 3. The number of benzene rings is 1. The number of aryl methyl sites for hydroxylation is 1. The summed E-state index contributed by atoms with van der Waals surface area (Å²) in [5, 5.41) is 9.08. The molecule has 0 unspecified atom stereocenters. The van der Waals surface area contributed by atoms with Gasteiger partial charge in [-0.3, -0.25) is 4.79 Å². The van der Waals surface area contributed by atoms with Gasteiger partial charge in [-0.1, -0.05) is 11.6 Å². The Kier molecular flexibility index (Phi) is 3.93. The van der Waals surface area contributed by atoms with E-state index in [9.17, 15) is 4.79 Å². The number of aromatic nitrogens is 3. The van der Waals surface area contributed by atoms with Crippen molar-refractivity contribution in [3.8, 4) is 0 Å². The second kappa shape index (κ2) is 5.74. The van der Waals surface area contributed by atoms with E-state index >= 15 is 0 Å². The Morgan fingerprint density at radius 1 is 1.23 bits per heavy atom. The van der Waals surface area contributed by atoms with Crippen LogP contribution in [-0.4, -0.2) is 27.7 Å². The van der Waals surface area contributed by atoms with E-state index in [2.05, 4.69) is 29.4 Å². The predicted octanol–water partition coefficient (Wildman–Crippen LogP) is 2.37. The van der Waals surface area contributed by atoms with Crippen LogP contribution in [0.25, 0.3) is 16.6 Å². The molecule has 0 spiro atoms. The molecule has 2 N–H and O–H groups in total. The first-order valence-corrected chi connectivity index (χ1v) is 7.45. The highest BCUT2D eigenvalue weighted by Crippen LogP contribution is 2.27. The lowest BCUT2D eigenvalue weighted by atomic mass is 9.94. The lowest BCUT2D eigenvalue weighted by molar-refractivity contribution is 0.446. The summed E-state index contributed by atoms with van der Waals surface area (Å²) < 4.78 is 1.93. The van der Waals surface area contributed by atoms with Gasteiger partial charge in [-0.05, 0) is 45.0 Å². The molecule has 0 bridgehead atoms. The lowest BCUT2D eigenvalue weighted by Gasteiger charge is -2.23. The van der Waals surface area contributed by atoms with E-state index in [4.69, 9.17) is 5.10 Å². The van der Waals surface area contributed by atoms with Crippen LogP contribution in [0.1, 0.15) is 30.0 Å². The predicted molar refractivity (Wildman–Crippen MR) is 90.1 cm³/mol. The third-order valence-electron chi connectivity index (χ3n) is 4.35. The SMILES string of the molecule is Cc1ccc2nn3c(C4CCNCC4)cc(=O)[nH]c3c2c1.Cl. The van der Waals surface area contributed by atoms with E-state index in [1.807, 2.05) is 10.6 Å². The van der Waals surface area contributed by atoms with Crippen LogP contribution in [0.2, 0.25) is 0 Å². The summed E-state index contributed by atoms with van der Waals surface area (Å²) in [5.41, 5.74) is 3.90. The summed E-state index contributed by atoms with van der Waals surface area (Å²) in [7, 11) is 0. The van der Waals surface area contributed by atoms with Crippen LogP contribution >= 0.6 is 12.4 Å². The van der Waals surface area contributed by atoms with Crippen molar-refractivity contribution < 1.29 is 0 Å². The minimum absolute atomic E-state index is 0. The summed E-state index contributed by atoms with van der Waals surface area (Å²) >= 11 is 0. The van der Waals surface area contributed by atoms with Gasteiger partial charge in [-0.15, -0.1) is 12.4 Å². The highest BCUT2D eigenvalue weighted by atomic mass is 35.5. The van der Waals surface area contributed by atoms with Gasteiger partial charge in [0, 0.05) is 17.4 Å². The quantitative estimate of drug-likeness (QED) is 0.724. The zero-order valence-electron chi connectivity index (χ0n) is 12.4. The van der Waals surface area contributed by atoms with E-state index < -0.39 is 0 Å². The lowest BCUT2D eigenvalue weighted by Crippen LogP contribution is -2.28. The second-order valence-electron chi connectivity index (χ2n) is 5.86. The van der Waals surface area contributed by atoms with Gasteiger partial charge >= 0.3 is 0 Å². The van der Waals surface area contributed by atoms with Crippen LogP contribution < -0.4 is 10.9 Å². The topological polar surface area (TPSA) is 62.2 Å². The molecule has 6 heteroatoms. The summed E-state index contributed by atoms with van der Waals surface area (Å²) in [5.74, 6) is 0.395. The number of H-pyrrole nitrogens is 1. The van der Waals surface area contributed by atoms with E-state index in [1.165, 1.54) is 5.56 Å². The minimum Gasteiger partial charge on any atom is -0.317 e. The van der Waals surface area contributed by atoms with Gasteiger partial charge in [-0.25, -0.2) is 4.52 Å². The summed E-state index contributed by atoms with van der Waals surface area (Å²) in [4.78, 5) is 15.0. The maximum atomic E-state index is 12.1. The first-order valence-electron chi connectivity index (χ1n) is 7.45. The van der Waals surface area contributed by atoms with Crippen molar-refractivity contribution in [3.05, 3.63) is 45.9 Å². The molecule has 0 atom stereocenters. The van der Waals surface area contributed by atoms with Crippen LogP contribution in [0.5, 0.6) is 0 Å². The molecule has 3 heterocycles. The van der Waals surface area contributed by atoms with E-state index in [1.54, 1.807) is 6.07 Å². The summed E-state index contributed by atoms with van der Waals surface area (Å²) in [6.07, 6.45) is 2.10. The van der Waals surface area contributed by atoms with Crippen LogP contribution in [-0.2, 0) is 0 Å². The molecule has 5 nitrogen and oxygen atoms in total. The van der Waals surface area contributed by atoms with Gasteiger partial charge in [0.25, 0.3) is 5.56 Å². The Morgan fingerprint density at radius 3 is 2.77 bits per heavy atom. The standard InChI is InChI=1S/C16H18N4O.ClH/c1-10-2-3-13-12(8-10)16-18-15(21)9-14(20(16)19-13)11-4-6-17-7-5-11;/h2-3,8-9,11,17H,4-7H2,1H3,(H,18,21);1H. The van der Waals surface area contributed by atoms with Crippen LogP contribution in [0, 0.1) is 6.92 Å². The minimum atomic E-state index is -0.0423. The van der Waals surface area contributed by atoms with Crippen LogP contribution in [0.15, 0.2) is 29.1 Å². The van der Waals surface area contributed by atoms with Crippen molar-refractivity contribution in [1.29, 1.82) is 0 Å². The highest BCUT2D eigenvalue weighted by Gasteiger charge is 2.20. The Morgan fingerprint density at radius 2 is 2.00 bits per heavy atom. The normalized spacial score (nSPS) is 16.0. The Bertz CT molecular complexity index is 877. The molecule has 2 aromatic heterocycles. The molecule has 1 aliphatic heterocycles. The van der Waals surface area contributed by atoms with Gasteiger partial charge in [0.1, 0.15) is 5.65 Å². The fraction of sp³-hybridized carbons (Fsp3) is 0.375. The van der Waals surface area contributed by atoms with Crippen LogP contribution in [0.4, 0.5) is 0 Å². The van der Waals surface area contributed by atoms with Crippen molar-refractivity contribution in [2.75, 3.05) is 13.1 Å². The number of piperidine rings is 1. The van der Waals surface area contributed by atoms with Crippen molar-refractivity contribution in [1.82, 2.24) is 19.9 Å². The molecule has 4 rings (SSSR count). The average molecular weight is 319 g/mol. The Balaban J connectivity index is 0.00000144.